The summed E-state index contributed by atoms with van der Waals surface area (Å²) in [6, 6.07) is 1.76. The van der Waals surface area contributed by atoms with E-state index < -0.39 is 6.10 Å². The molecule has 0 spiro atoms. The van der Waals surface area contributed by atoms with E-state index >= 15 is 0 Å². The number of nitrogens with zero attached hydrogens (tertiary/aromatic N) is 4. The Labute approximate surface area is 156 Å². The smallest absolute Gasteiger partial charge is 0.320 e. The van der Waals surface area contributed by atoms with Crippen molar-refractivity contribution >= 4 is 23.0 Å². The Bertz CT molecular complexity index is 933. The van der Waals surface area contributed by atoms with Crippen molar-refractivity contribution in [2.24, 2.45) is 11.8 Å². The molecule has 144 valence electrons. The largest absolute Gasteiger partial charge is 0.391 e. The van der Waals surface area contributed by atoms with Crippen LogP contribution in [0.3, 0.4) is 0 Å². The number of likely N-dealkylation sites (tertiary alicyclic amines) is 2. The molecule has 0 aliphatic carbocycles. The van der Waals surface area contributed by atoms with Gasteiger partial charge >= 0.3 is 6.03 Å². The van der Waals surface area contributed by atoms with Gasteiger partial charge in [-0.3, -0.25) is 15.4 Å². The maximum atomic E-state index is 12.8. The van der Waals surface area contributed by atoms with Gasteiger partial charge in [-0.15, -0.1) is 0 Å². The van der Waals surface area contributed by atoms with Crippen LogP contribution in [0.1, 0.15) is 19.8 Å². The summed E-state index contributed by atoms with van der Waals surface area (Å²) >= 11 is 0. The number of carbonyl (C=O) groups is 1. The molecule has 2 aliphatic heterocycles. The molecule has 27 heavy (non-hydrogen) atoms. The summed E-state index contributed by atoms with van der Waals surface area (Å²) in [5, 5.41) is 26.7. The molecular weight excluding hydrogens is 346 g/mol. The Morgan fingerprint density at radius 1 is 1.37 bits per heavy atom. The Balaban J connectivity index is 1.60. The summed E-state index contributed by atoms with van der Waals surface area (Å²) in [5.41, 5.74) is 1.50. The van der Waals surface area contributed by atoms with Gasteiger partial charge in [0.15, 0.2) is 5.65 Å². The Morgan fingerprint density at radius 3 is 2.89 bits per heavy atom. The van der Waals surface area contributed by atoms with Crippen LogP contribution in [0.15, 0.2) is 18.5 Å². The van der Waals surface area contributed by atoms with Crippen LogP contribution in [0.2, 0.25) is 0 Å². The van der Waals surface area contributed by atoms with E-state index in [-0.39, 0.29) is 23.4 Å². The number of hydrogen-bond acceptors (Lipinski definition) is 5. The highest BCUT2D eigenvalue weighted by molar-refractivity contribution is 5.92. The molecule has 0 radical (unpaired) electrons. The van der Waals surface area contributed by atoms with Crippen LogP contribution in [0.25, 0.3) is 11.2 Å². The lowest BCUT2D eigenvalue weighted by Crippen LogP contribution is -2.42. The van der Waals surface area contributed by atoms with E-state index in [4.69, 9.17) is 10.8 Å². The lowest BCUT2D eigenvalue weighted by atomic mass is 9.92. The third-order valence-electron chi connectivity index (χ3n) is 5.76. The van der Waals surface area contributed by atoms with Crippen LogP contribution in [0.4, 0.5) is 4.79 Å². The molecule has 2 aromatic rings. The summed E-state index contributed by atoms with van der Waals surface area (Å²) in [6.45, 7) is 4.10. The molecule has 9 heteroatoms. The van der Waals surface area contributed by atoms with Crippen LogP contribution in [-0.4, -0.2) is 73.6 Å². The minimum Gasteiger partial charge on any atom is -0.391 e. The van der Waals surface area contributed by atoms with Gasteiger partial charge in [0.1, 0.15) is 11.3 Å². The van der Waals surface area contributed by atoms with Crippen LogP contribution >= 0.6 is 0 Å². The molecule has 2 aromatic heterocycles. The van der Waals surface area contributed by atoms with E-state index in [1.807, 2.05) is 6.07 Å². The molecular formula is C18H25N7O2. The summed E-state index contributed by atoms with van der Waals surface area (Å²) < 4.78 is 1.61. The topological polar surface area (TPSA) is 125 Å². The number of aromatic nitrogens is 3. The first kappa shape index (κ1) is 17.7. The Morgan fingerprint density at radius 2 is 2.19 bits per heavy atom. The second-order valence-corrected chi connectivity index (χ2v) is 7.43. The molecule has 2 fully saturated rings. The average molecular weight is 371 g/mol. The molecule has 2 aliphatic rings. The monoisotopic (exact) mass is 371 g/mol. The molecule has 2 amide bonds. The van der Waals surface area contributed by atoms with Crippen molar-refractivity contribution in [3.05, 3.63) is 23.9 Å². The SMILES string of the molecule is CCC1CN(C(=O)N2CCC(O)C2)CC1C(=N)n1c(=N)cnc2[nH]ccc21. The number of β-amino-alcohol motifs (C(OH)–C–C–N with tert-alkyl or cyclic N) is 1. The van der Waals surface area contributed by atoms with Crippen molar-refractivity contribution < 1.29 is 9.90 Å². The van der Waals surface area contributed by atoms with Crippen molar-refractivity contribution in [1.29, 1.82) is 10.8 Å². The summed E-state index contributed by atoms with van der Waals surface area (Å²) in [4.78, 5) is 23.5. The van der Waals surface area contributed by atoms with Crippen LogP contribution < -0.4 is 5.49 Å². The van der Waals surface area contributed by atoms with Crippen LogP contribution in [0, 0.1) is 22.7 Å². The third-order valence-corrected chi connectivity index (χ3v) is 5.76. The Hall–Kier alpha value is -2.68. The minimum absolute atomic E-state index is 0.0575. The number of rotatable bonds is 2. The van der Waals surface area contributed by atoms with E-state index in [9.17, 15) is 9.90 Å². The van der Waals surface area contributed by atoms with E-state index in [0.29, 0.717) is 49.6 Å². The lowest BCUT2D eigenvalue weighted by molar-refractivity contribution is 0.152. The standard InChI is InChI=1S/C18H25N7O2/c1-2-11-8-24(18(27)23-6-4-12(26)9-23)10-13(11)16(20)25-14-3-5-21-17(14)22-7-15(25)19/h3,5,7,11-13,19-21,26H,2,4,6,8-10H2,1H3. The number of fused-ring (bicyclic) bond motifs is 1. The second-order valence-electron chi connectivity index (χ2n) is 7.43. The van der Waals surface area contributed by atoms with E-state index in [1.54, 1.807) is 20.6 Å². The molecule has 0 bridgehead atoms. The van der Waals surface area contributed by atoms with Crippen molar-refractivity contribution in [2.45, 2.75) is 25.9 Å². The van der Waals surface area contributed by atoms with Gasteiger partial charge in [0.25, 0.3) is 0 Å². The number of H-pyrrole nitrogens is 1. The predicted octanol–water partition coefficient (Wildman–Crippen LogP) is 0.814. The second kappa shape index (κ2) is 6.80. The first-order valence-corrected chi connectivity index (χ1v) is 9.40. The van der Waals surface area contributed by atoms with Gasteiger partial charge in [0, 0.05) is 38.3 Å². The minimum atomic E-state index is -0.437. The summed E-state index contributed by atoms with van der Waals surface area (Å²) in [6.07, 6.45) is 4.23. The number of urea groups is 1. The molecule has 3 unspecified atom stereocenters. The molecule has 9 nitrogen and oxygen atoms in total. The zero-order valence-electron chi connectivity index (χ0n) is 15.4. The molecule has 0 saturated carbocycles. The number of amides is 2. The summed E-state index contributed by atoms with van der Waals surface area (Å²) in [5.74, 6) is 0.361. The van der Waals surface area contributed by atoms with Crippen molar-refractivity contribution in [1.82, 2.24) is 24.3 Å². The molecule has 0 aromatic carbocycles. The highest BCUT2D eigenvalue weighted by Crippen LogP contribution is 2.29. The lowest BCUT2D eigenvalue weighted by Gasteiger charge is -2.24. The molecule has 4 rings (SSSR count). The predicted molar refractivity (Wildman–Crippen MR) is 99.5 cm³/mol. The van der Waals surface area contributed by atoms with Gasteiger partial charge < -0.3 is 19.9 Å². The molecule has 4 heterocycles. The number of nitrogens with one attached hydrogen (secondary N) is 3. The normalized spacial score (nSPS) is 25.5. The maximum Gasteiger partial charge on any atom is 0.320 e. The fourth-order valence-electron chi connectivity index (χ4n) is 4.24. The van der Waals surface area contributed by atoms with Crippen molar-refractivity contribution in [2.75, 3.05) is 26.2 Å². The first-order chi connectivity index (χ1) is 13.0. The maximum absolute atomic E-state index is 12.8. The summed E-state index contributed by atoms with van der Waals surface area (Å²) in [7, 11) is 0. The van der Waals surface area contributed by atoms with E-state index in [0.717, 1.165) is 6.42 Å². The van der Waals surface area contributed by atoms with Crippen molar-refractivity contribution in [3.8, 4) is 0 Å². The number of aliphatic hydroxyl groups is 1. The first-order valence-electron chi connectivity index (χ1n) is 9.40. The zero-order chi connectivity index (χ0) is 19.1. The van der Waals surface area contributed by atoms with Gasteiger partial charge in [-0.1, -0.05) is 13.3 Å². The van der Waals surface area contributed by atoms with Gasteiger partial charge in [-0.05, 0) is 18.4 Å². The number of aliphatic hydroxyl groups excluding tert-OH is 1. The van der Waals surface area contributed by atoms with E-state index in [2.05, 4.69) is 16.9 Å². The number of carbonyl (C=O) groups excluding carboxylic acids is 1. The van der Waals surface area contributed by atoms with Gasteiger partial charge in [-0.2, -0.15) is 0 Å². The molecule has 3 atom stereocenters. The number of aromatic amines is 1. The van der Waals surface area contributed by atoms with Crippen LogP contribution in [-0.2, 0) is 0 Å². The Kier molecular flexibility index (Phi) is 4.47. The van der Waals surface area contributed by atoms with Gasteiger partial charge in [-0.25, -0.2) is 9.78 Å². The van der Waals surface area contributed by atoms with Crippen molar-refractivity contribution in [3.63, 3.8) is 0 Å². The van der Waals surface area contributed by atoms with Gasteiger partial charge in [0.2, 0.25) is 0 Å². The van der Waals surface area contributed by atoms with Crippen LogP contribution in [0.5, 0.6) is 0 Å². The third kappa shape index (κ3) is 3.01. The van der Waals surface area contributed by atoms with Gasteiger partial charge in [0.05, 0.1) is 17.8 Å². The molecule has 4 N–H and O–H groups in total. The molecule has 2 saturated heterocycles. The highest BCUT2D eigenvalue weighted by Gasteiger charge is 2.40. The quantitative estimate of drug-likeness (QED) is 0.461. The fraction of sp³-hybridized carbons (Fsp3) is 0.556. The van der Waals surface area contributed by atoms with E-state index in [1.165, 1.54) is 6.20 Å². The zero-order valence-corrected chi connectivity index (χ0v) is 15.4. The average Bonchev–Trinajstić information content (AvgIpc) is 3.39. The number of hydrogen-bond donors (Lipinski definition) is 4. The highest BCUT2D eigenvalue weighted by atomic mass is 16.3. The fourth-order valence-corrected chi connectivity index (χ4v) is 4.24.